The first-order valence-electron chi connectivity index (χ1n) is 1.68. The molecule has 5 heteroatoms. The number of nitrogens with one attached hydrogen (secondary N) is 1. The minimum atomic E-state index is -1.53. The second kappa shape index (κ2) is 3.16. The Balaban J connectivity index is 3.82. The summed E-state index contributed by atoms with van der Waals surface area (Å²) in [5.41, 5.74) is 0. The second-order valence-corrected chi connectivity index (χ2v) is 4.13. The summed E-state index contributed by atoms with van der Waals surface area (Å²) in [4.78, 5) is 0. The maximum atomic E-state index is 6.96. The first-order valence-corrected chi connectivity index (χ1v) is 4.04. The average molecular weight is 192 g/mol. The second-order valence-electron chi connectivity index (χ2n) is 1.03. The third-order valence-electron chi connectivity index (χ3n) is 0.462. The number of hydrogen-bond donors (Lipinski definition) is 1. The zero-order valence-corrected chi connectivity index (χ0v) is 7.13. The molecule has 0 rings (SSSR count). The van der Waals surface area contributed by atoms with Crippen molar-refractivity contribution in [3.05, 3.63) is 0 Å². The summed E-state index contributed by atoms with van der Waals surface area (Å²) in [6.45, 7) is 0. The number of thioether (sulfide) groups is 1. The lowest BCUT2D eigenvalue weighted by Gasteiger charge is -2.07. The lowest BCUT2D eigenvalue weighted by molar-refractivity contribution is 1.46. The Morgan fingerprint density at radius 3 is 1.88 bits per heavy atom. The predicted octanol–water partition coefficient (Wildman–Crippen LogP) is 2.70. The smallest absolute Gasteiger partial charge is 0.237 e. The van der Waals surface area contributed by atoms with Gasteiger partial charge in [0, 0.05) is 0 Å². The molecule has 0 fully saturated rings. The average Bonchev–Trinajstić information content (AvgIpc) is 1.62. The monoisotopic (exact) mass is 191 g/mol. The zero-order chi connectivity index (χ0) is 6.78. The van der Waals surface area contributed by atoms with E-state index < -0.39 is 3.79 Å². The molecule has 48 valence electrons. The van der Waals surface area contributed by atoms with Crippen LogP contribution in [0.25, 0.3) is 0 Å². The SMILES string of the molecule is CSC(=N)C(Cl)(Cl)Cl. The van der Waals surface area contributed by atoms with E-state index in [2.05, 4.69) is 0 Å². The van der Waals surface area contributed by atoms with Gasteiger partial charge in [0.25, 0.3) is 0 Å². The van der Waals surface area contributed by atoms with Gasteiger partial charge in [-0.15, -0.1) is 11.8 Å². The van der Waals surface area contributed by atoms with Crippen molar-refractivity contribution < 1.29 is 0 Å². The Bertz CT molecular complexity index is 97.2. The molecule has 0 radical (unpaired) electrons. The van der Waals surface area contributed by atoms with E-state index in [1.165, 1.54) is 0 Å². The molecular weight excluding hydrogens is 188 g/mol. The van der Waals surface area contributed by atoms with E-state index in [9.17, 15) is 0 Å². The van der Waals surface area contributed by atoms with Crippen molar-refractivity contribution in [1.29, 1.82) is 5.41 Å². The number of hydrogen-bond acceptors (Lipinski definition) is 2. The molecular formula is C3H4Cl3NS. The van der Waals surface area contributed by atoms with Crippen LogP contribution in [0.4, 0.5) is 0 Å². The summed E-state index contributed by atoms with van der Waals surface area (Å²) in [5, 5.41) is 7.00. The highest BCUT2D eigenvalue weighted by Crippen LogP contribution is 2.30. The Labute approximate surface area is 67.2 Å². The lowest BCUT2D eigenvalue weighted by Crippen LogP contribution is -2.12. The highest BCUT2D eigenvalue weighted by Gasteiger charge is 2.25. The molecule has 0 heterocycles. The molecule has 8 heavy (non-hydrogen) atoms. The van der Waals surface area contributed by atoms with E-state index in [-0.39, 0.29) is 5.04 Å². The van der Waals surface area contributed by atoms with Gasteiger partial charge in [0.05, 0.1) is 0 Å². The van der Waals surface area contributed by atoms with Crippen LogP contribution in [0.5, 0.6) is 0 Å². The summed E-state index contributed by atoms with van der Waals surface area (Å²) in [7, 11) is 0. The molecule has 1 N–H and O–H groups in total. The van der Waals surface area contributed by atoms with Gasteiger partial charge < -0.3 is 0 Å². The molecule has 0 aromatic rings. The van der Waals surface area contributed by atoms with Crippen molar-refractivity contribution in [2.24, 2.45) is 0 Å². The molecule has 1 nitrogen and oxygen atoms in total. The topological polar surface area (TPSA) is 23.9 Å². The Hall–Kier alpha value is 0.890. The summed E-state index contributed by atoms with van der Waals surface area (Å²) < 4.78 is -1.53. The molecule has 0 saturated carbocycles. The molecule has 0 aliphatic carbocycles. The minimum Gasteiger partial charge on any atom is -0.294 e. The first kappa shape index (κ1) is 8.89. The van der Waals surface area contributed by atoms with Gasteiger partial charge in [-0.3, -0.25) is 5.41 Å². The summed E-state index contributed by atoms with van der Waals surface area (Å²) in [6.07, 6.45) is 1.68. The molecule has 0 aromatic heterocycles. The summed E-state index contributed by atoms with van der Waals surface area (Å²) >= 11 is 16.9. The fourth-order valence-electron chi connectivity index (χ4n) is 0.116. The van der Waals surface area contributed by atoms with Crippen molar-refractivity contribution in [2.75, 3.05) is 6.26 Å². The van der Waals surface area contributed by atoms with Gasteiger partial charge in [0.15, 0.2) is 0 Å². The normalized spacial score (nSPS) is 11.5. The maximum Gasteiger partial charge on any atom is 0.237 e. The molecule has 0 saturated heterocycles. The third kappa shape index (κ3) is 3.02. The van der Waals surface area contributed by atoms with E-state index >= 15 is 0 Å². The quantitative estimate of drug-likeness (QED) is 0.356. The van der Waals surface area contributed by atoms with Gasteiger partial charge in [-0.2, -0.15) is 0 Å². The fourth-order valence-corrected chi connectivity index (χ4v) is 1.04. The zero-order valence-electron chi connectivity index (χ0n) is 4.04. The summed E-state index contributed by atoms with van der Waals surface area (Å²) in [5.74, 6) is 0. The van der Waals surface area contributed by atoms with Crippen LogP contribution in [-0.2, 0) is 0 Å². The van der Waals surface area contributed by atoms with Crippen molar-refractivity contribution >= 4 is 51.6 Å². The van der Waals surface area contributed by atoms with Crippen LogP contribution >= 0.6 is 46.6 Å². The molecule has 0 aliphatic rings. The maximum absolute atomic E-state index is 6.96. The third-order valence-corrected chi connectivity index (χ3v) is 2.08. The molecule has 0 unspecified atom stereocenters. The molecule has 0 aliphatic heterocycles. The van der Waals surface area contributed by atoms with Gasteiger partial charge in [0.1, 0.15) is 5.04 Å². The van der Waals surface area contributed by atoms with Crippen molar-refractivity contribution in [2.45, 2.75) is 3.79 Å². The van der Waals surface area contributed by atoms with Gasteiger partial charge >= 0.3 is 0 Å². The van der Waals surface area contributed by atoms with Crippen molar-refractivity contribution in [3.63, 3.8) is 0 Å². The highest BCUT2D eigenvalue weighted by molar-refractivity contribution is 8.13. The summed E-state index contributed by atoms with van der Waals surface area (Å²) in [6, 6.07) is 0. The van der Waals surface area contributed by atoms with E-state index in [0.29, 0.717) is 0 Å². The van der Waals surface area contributed by atoms with E-state index in [1.807, 2.05) is 0 Å². The molecule has 0 spiro atoms. The molecule has 0 atom stereocenters. The van der Waals surface area contributed by atoms with Crippen LogP contribution in [0, 0.1) is 5.41 Å². The number of alkyl halides is 3. The minimum absolute atomic E-state index is 0.0440. The van der Waals surface area contributed by atoms with E-state index in [1.54, 1.807) is 6.26 Å². The van der Waals surface area contributed by atoms with Crippen LogP contribution < -0.4 is 0 Å². The van der Waals surface area contributed by atoms with Crippen LogP contribution in [0.1, 0.15) is 0 Å². The molecule has 0 bridgehead atoms. The highest BCUT2D eigenvalue weighted by atomic mass is 35.6. The van der Waals surface area contributed by atoms with Crippen LogP contribution in [0.3, 0.4) is 0 Å². The van der Waals surface area contributed by atoms with E-state index in [4.69, 9.17) is 40.2 Å². The van der Waals surface area contributed by atoms with Gasteiger partial charge in [0.2, 0.25) is 3.79 Å². The predicted molar refractivity (Wildman–Crippen MR) is 41.5 cm³/mol. The first-order chi connectivity index (χ1) is 3.48. The largest absolute Gasteiger partial charge is 0.294 e. The molecule has 0 aromatic carbocycles. The van der Waals surface area contributed by atoms with Crippen LogP contribution in [0.15, 0.2) is 0 Å². The van der Waals surface area contributed by atoms with Crippen LogP contribution in [-0.4, -0.2) is 15.1 Å². The van der Waals surface area contributed by atoms with E-state index in [0.717, 1.165) is 11.8 Å². The fraction of sp³-hybridized carbons (Fsp3) is 0.667. The molecule has 0 amide bonds. The number of halogens is 3. The van der Waals surface area contributed by atoms with Crippen molar-refractivity contribution in [3.8, 4) is 0 Å². The Morgan fingerprint density at radius 2 is 1.88 bits per heavy atom. The van der Waals surface area contributed by atoms with Gasteiger partial charge in [-0.1, -0.05) is 34.8 Å². The van der Waals surface area contributed by atoms with Gasteiger partial charge in [-0.25, -0.2) is 0 Å². The standard InChI is InChI=1S/C3H4Cl3NS/c1-8-2(7)3(4,5)6/h7H,1H3. The Morgan fingerprint density at radius 1 is 1.50 bits per heavy atom. The van der Waals surface area contributed by atoms with Crippen molar-refractivity contribution in [1.82, 2.24) is 0 Å². The Kier molecular flexibility index (Phi) is 3.51. The van der Waals surface area contributed by atoms with Crippen LogP contribution in [0.2, 0.25) is 0 Å². The lowest BCUT2D eigenvalue weighted by atomic mass is 10.8. The number of rotatable bonds is 0. The van der Waals surface area contributed by atoms with Gasteiger partial charge in [-0.05, 0) is 6.26 Å².